The van der Waals surface area contributed by atoms with Gasteiger partial charge in [-0.3, -0.25) is 4.90 Å². The molecule has 142 valence electrons. The van der Waals surface area contributed by atoms with Crippen molar-refractivity contribution >= 4 is 8.96 Å². The first-order valence-electron chi connectivity index (χ1n) is 8.77. The van der Waals surface area contributed by atoms with Crippen molar-refractivity contribution in [2.45, 2.75) is 63.7 Å². The SMILES string of the molecule is C[SiH]([N-]C(C)(C)C)C1CC(N2CCCC2)C2C=CC=CC21.[CH3-].[CH3-].[CH3-].[Ti+4]. The molecule has 1 aliphatic heterocycles. The van der Waals surface area contributed by atoms with Gasteiger partial charge in [0, 0.05) is 6.04 Å². The smallest absolute Gasteiger partial charge is 0.662 e. The van der Waals surface area contributed by atoms with Crippen molar-refractivity contribution in [2.24, 2.45) is 11.8 Å². The summed E-state index contributed by atoms with van der Waals surface area (Å²) in [6.07, 6.45) is 13.7. The van der Waals surface area contributed by atoms with E-state index in [9.17, 15) is 0 Å². The van der Waals surface area contributed by atoms with E-state index < -0.39 is 8.96 Å². The second kappa shape index (κ2) is 11.2. The maximum atomic E-state index is 5.21. The van der Waals surface area contributed by atoms with Crippen LogP contribution in [0.2, 0.25) is 12.1 Å². The van der Waals surface area contributed by atoms with Crippen molar-refractivity contribution < 1.29 is 21.7 Å². The van der Waals surface area contributed by atoms with Crippen LogP contribution in [0, 0.1) is 34.1 Å². The molecule has 5 atom stereocenters. The third kappa shape index (κ3) is 6.46. The normalized spacial score (nSPS) is 31.8. The van der Waals surface area contributed by atoms with Crippen LogP contribution in [-0.4, -0.2) is 38.5 Å². The molecule has 1 heterocycles. The maximum absolute atomic E-state index is 5.21. The van der Waals surface area contributed by atoms with Crippen LogP contribution in [0.1, 0.15) is 40.0 Å². The molecular weight excluding hydrogens is 356 g/mol. The van der Waals surface area contributed by atoms with Gasteiger partial charge in [-0.1, -0.05) is 66.1 Å². The Hall–Kier alpha value is 0.331. The van der Waals surface area contributed by atoms with Gasteiger partial charge < -0.3 is 27.3 Å². The van der Waals surface area contributed by atoms with Gasteiger partial charge in [0.05, 0.1) is 0 Å². The quantitative estimate of drug-likeness (QED) is 0.458. The second-order valence-corrected chi connectivity index (χ2v) is 10.8. The Morgan fingerprint density at radius 2 is 1.48 bits per heavy atom. The van der Waals surface area contributed by atoms with Crippen molar-refractivity contribution in [3.05, 3.63) is 51.6 Å². The van der Waals surface area contributed by atoms with E-state index in [2.05, 4.69) is 56.5 Å². The zero-order valence-electron chi connectivity index (χ0n) is 17.6. The summed E-state index contributed by atoms with van der Waals surface area (Å²) < 4.78 is 0. The first kappa shape index (κ1) is 27.5. The molecule has 0 aromatic heterocycles. The number of nitrogens with zero attached hydrogens (tertiary/aromatic N) is 2. The Bertz CT molecular complexity index is 424. The summed E-state index contributed by atoms with van der Waals surface area (Å²) in [5.41, 5.74) is 0.988. The van der Waals surface area contributed by atoms with Gasteiger partial charge in [0.15, 0.2) is 0 Å². The Morgan fingerprint density at radius 1 is 0.960 bits per heavy atom. The number of rotatable bonds is 3. The summed E-state index contributed by atoms with van der Waals surface area (Å²) in [4.78, 5) is 7.98. The van der Waals surface area contributed by atoms with Crippen molar-refractivity contribution in [3.63, 3.8) is 0 Å². The zero-order valence-corrected chi connectivity index (χ0v) is 20.3. The molecule has 3 rings (SSSR count). The fraction of sp³-hybridized carbons (Fsp3) is 0.667. The number of hydrogen-bond acceptors (Lipinski definition) is 1. The van der Waals surface area contributed by atoms with E-state index in [0.717, 1.165) is 23.4 Å². The minimum atomic E-state index is -1.04. The van der Waals surface area contributed by atoms with Crippen molar-refractivity contribution in [1.82, 2.24) is 4.90 Å². The monoisotopic (exact) mass is 396 g/mol. The standard InChI is InChI=1S/C18H31N2Si.3CH3.Ti/c1-18(2,3)19-21(4)17-13-16(20-11-7-8-12-20)14-9-5-6-10-15(14)17;;;;/h5-6,9-10,14-17,21H,7-8,11-13H2,1-4H3;3*1H3;/q4*-1;+4. The summed E-state index contributed by atoms with van der Waals surface area (Å²) >= 11 is 0. The fourth-order valence-electron chi connectivity index (χ4n) is 4.74. The third-order valence-electron chi connectivity index (χ3n) is 5.49. The molecule has 1 saturated carbocycles. The molecule has 4 heteroatoms. The Labute approximate surface area is 175 Å². The zero-order chi connectivity index (χ0) is 15.0. The topological polar surface area (TPSA) is 17.3 Å². The van der Waals surface area contributed by atoms with E-state index >= 15 is 0 Å². The van der Waals surface area contributed by atoms with Crippen LogP contribution in [0.4, 0.5) is 0 Å². The van der Waals surface area contributed by atoms with Crippen LogP contribution in [0.3, 0.4) is 0 Å². The molecule has 0 aromatic rings. The van der Waals surface area contributed by atoms with Gasteiger partial charge in [-0.2, -0.15) is 0 Å². The molecule has 2 fully saturated rings. The van der Waals surface area contributed by atoms with Crippen LogP contribution >= 0.6 is 0 Å². The van der Waals surface area contributed by atoms with Crippen LogP contribution in [0.25, 0.3) is 4.98 Å². The molecule has 25 heavy (non-hydrogen) atoms. The van der Waals surface area contributed by atoms with Crippen LogP contribution in [-0.2, 0) is 21.7 Å². The average Bonchev–Trinajstić information content (AvgIpc) is 3.03. The molecule has 0 radical (unpaired) electrons. The van der Waals surface area contributed by atoms with Crippen LogP contribution in [0.5, 0.6) is 0 Å². The van der Waals surface area contributed by atoms with Gasteiger partial charge in [-0.05, 0) is 44.2 Å². The molecule has 0 aromatic carbocycles. The predicted octanol–water partition coefficient (Wildman–Crippen LogP) is 5.46. The van der Waals surface area contributed by atoms with Crippen molar-refractivity contribution in [3.8, 4) is 0 Å². The maximum Gasteiger partial charge on any atom is 4.00 e. The second-order valence-electron chi connectivity index (χ2n) is 8.18. The van der Waals surface area contributed by atoms with Gasteiger partial charge in [-0.15, -0.1) is 5.54 Å². The van der Waals surface area contributed by atoms with Crippen LogP contribution in [0.15, 0.2) is 24.3 Å². The van der Waals surface area contributed by atoms with Crippen molar-refractivity contribution in [2.75, 3.05) is 13.1 Å². The minimum absolute atomic E-state index is 0. The van der Waals surface area contributed by atoms with Gasteiger partial charge >= 0.3 is 21.7 Å². The number of allylic oxidation sites excluding steroid dienone is 3. The van der Waals surface area contributed by atoms with E-state index in [1.807, 2.05) is 0 Å². The van der Waals surface area contributed by atoms with E-state index in [4.69, 9.17) is 4.98 Å². The average molecular weight is 397 g/mol. The molecule has 0 N–H and O–H groups in total. The third-order valence-corrected chi connectivity index (χ3v) is 8.63. The summed E-state index contributed by atoms with van der Waals surface area (Å²) in [6.45, 7) is 11.9. The van der Waals surface area contributed by atoms with Gasteiger partial charge in [0.25, 0.3) is 0 Å². The fourth-order valence-corrected chi connectivity index (χ4v) is 7.85. The first-order valence-corrected chi connectivity index (χ1v) is 11.1. The molecule has 5 unspecified atom stereocenters. The molecule has 1 saturated heterocycles. The van der Waals surface area contributed by atoms with Gasteiger partial charge in [0.2, 0.25) is 0 Å². The first-order chi connectivity index (χ1) is 9.96. The molecule has 2 aliphatic carbocycles. The summed E-state index contributed by atoms with van der Waals surface area (Å²) in [7, 11) is -1.04. The van der Waals surface area contributed by atoms with E-state index in [0.29, 0.717) is 0 Å². The Kier molecular flexibility index (Phi) is 12.4. The molecule has 0 spiro atoms. The predicted molar refractivity (Wildman–Crippen MR) is 114 cm³/mol. The Balaban J connectivity index is 0. The largest absolute Gasteiger partial charge is 4.00 e. The molecule has 2 nitrogen and oxygen atoms in total. The van der Waals surface area contributed by atoms with Crippen molar-refractivity contribution in [1.29, 1.82) is 0 Å². The summed E-state index contributed by atoms with van der Waals surface area (Å²) in [5.74, 6) is 1.51. The molecule has 3 aliphatic rings. The number of hydrogen-bond donors (Lipinski definition) is 0. The summed E-state index contributed by atoms with van der Waals surface area (Å²) in [5, 5.41) is 0. The molecule has 0 amide bonds. The number of likely N-dealkylation sites (tertiary alicyclic amines) is 1. The summed E-state index contributed by atoms with van der Waals surface area (Å²) in [6, 6.07) is 0.786. The van der Waals surface area contributed by atoms with Gasteiger partial charge in [-0.25, -0.2) is 0 Å². The number of fused-ring (bicyclic) bond motifs is 1. The van der Waals surface area contributed by atoms with Gasteiger partial charge in [0.1, 0.15) is 0 Å². The van der Waals surface area contributed by atoms with E-state index in [1.54, 1.807) is 0 Å². The van der Waals surface area contributed by atoms with E-state index in [1.165, 1.54) is 32.4 Å². The van der Waals surface area contributed by atoms with Crippen LogP contribution < -0.4 is 0 Å². The molecule has 0 bridgehead atoms. The Morgan fingerprint density at radius 3 is 2.00 bits per heavy atom. The minimum Gasteiger partial charge on any atom is -0.662 e. The molecular formula is C21H40N2SiTi. The van der Waals surface area contributed by atoms with E-state index in [-0.39, 0.29) is 49.5 Å².